The Kier molecular flexibility index (Phi) is 5.83. The summed E-state index contributed by atoms with van der Waals surface area (Å²) in [5.41, 5.74) is 0.905. The number of ether oxygens (including phenoxy) is 1. The van der Waals surface area contributed by atoms with Crippen LogP contribution in [0.2, 0.25) is 0 Å². The molecule has 1 saturated carbocycles. The third-order valence-corrected chi connectivity index (χ3v) is 5.26. The second kappa shape index (κ2) is 7.39. The average molecular weight is 329 g/mol. The second-order valence-electron chi connectivity index (χ2n) is 5.63. The van der Waals surface area contributed by atoms with Crippen LogP contribution in [0.3, 0.4) is 0 Å². The van der Waals surface area contributed by atoms with Gasteiger partial charge in [0, 0.05) is 16.3 Å². The molecule has 2 rings (SSSR count). The van der Waals surface area contributed by atoms with E-state index in [-0.39, 0.29) is 11.2 Å². The zero-order valence-corrected chi connectivity index (χ0v) is 12.9. The van der Waals surface area contributed by atoms with Crippen LogP contribution in [-0.4, -0.2) is 11.9 Å². The molecule has 1 aromatic rings. The first kappa shape index (κ1) is 15.0. The summed E-state index contributed by atoms with van der Waals surface area (Å²) in [6.07, 6.45) is 7.68. The fraction of sp³-hybridized carbons (Fsp3) is 0.625. The van der Waals surface area contributed by atoms with Gasteiger partial charge >= 0.3 is 0 Å². The Bertz CT molecular complexity index is 386. The first-order valence-electron chi connectivity index (χ1n) is 7.13. The maximum Gasteiger partial charge on any atom is 0.128 e. The van der Waals surface area contributed by atoms with E-state index in [1.54, 1.807) is 12.1 Å². The van der Waals surface area contributed by atoms with E-state index in [1.807, 2.05) is 6.07 Å². The zero-order valence-electron chi connectivity index (χ0n) is 11.3. The van der Waals surface area contributed by atoms with Gasteiger partial charge in [-0.05, 0) is 18.9 Å². The fourth-order valence-electron chi connectivity index (χ4n) is 2.79. The molecule has 106 valence electrons. The Morgan fingerprint density at radius 3 is 2.42 bits per heavy atom. The fourth-order valence-corrected chi connectivity index (χ4v) is 3.51. The van der Waals surface area contributed by atoms with Gasteiger partial charge in [-0.1, -0.05) is 59.8 Å². The third-order valence-electron chi connectivity index (χ3n) is 4.07. The smallest absolute Gasteiger partial charge is 0.128 e. The zero-order chi connectivity index (χ0) is 13.6. The lowest BCUT2D eigenvalue weighted by Crippen LogP contribution is -2.28. The standard InChI is InChI=1S/C16H22BrFO/c17-12-16(9-5-1-2-6-10-16)13-19-11-14-7-3-4-8-15(14)18/h3-4,7-8H,1-2,5-6,9-13H2. The number of hydrogen-bond acceptors (Lipinski definition) is 1. The van der Waals surface area contributed by atoms with Crippen molar-refractivity contribution >= 4 is 15.9 Å². The van der Waals surface area contributed by atoms with Crippen LogP contribution in [-0.2, 0) is 11.3 Å². The van der Waals surface area contributed by atoms with Gasteiger partial charge in [-0.15, -0.1) is 0 Å². The maximum atomic E-state index is 13.5. The second-order valence-corrected chi connectivity index (χ2v) is 6.19. The molecule has 0 amide bonds. The van der Waals surface area contributed by atoms with E-state index in [0.717, 1.165) is 11.9 Å². The lowest BCUT2D eigenvalue weighted by molar-refractivity contribution is 0.0362. The minimum atomic E-state index is -0.170. The van der Waals surface area contributed by atoms with Crippen molar-refractivity contribution < 1.29 is 9.13 Å². The van der Waals surface area contributed by atoms with E-state index in [2.05, 4.69) is 15.9 Å². The number of rotatable bonds is 5. The minimum absolute atomic E-state index is 0.170. The summed E-state index contributed by atoms with van der Waals surface area (Å²) < 4.78 is 19.3. The van der Waals surface area contributed by atoms with Gasteiger partial charge in [0.25, 0.3) is 0 Å². The summed E-state index contributed by atoms with van der Waals surface area (Å²) in [6, 6.07) is 6.85. The van der Waals surface area contributed by atoms with E-state index < -0.39 is 0 Å². The topological polar surface area (TPSA) is 9.23 Å². The Morgan fingerprint density at radius 2 is 1.79 bits per heavy atom. The Morgan fingerprint density at radius 1 is 1.11 bits per heavy atom. The Labute approximate surface area is 123 Å². The molecule has 0 radical (unpaired) electrons. The van der Waals surface area contributed by atoms with Crippen molar-refractivity contribution in [2.75, 3.05) is 11.9 Å². The van der Waals surface area contributed by atoms with Crippen molar-refractivity contribution in [3.63, 3.8) is 0 Å². The first-order chi connectivity index (χ1) is 9.26. The highest BCUT2D eigenvalue weighted by Crippen LogP contribution is 2.37. The minimum Gasteiger partial charge on any atom is -0.376 e. The van der Waals surface area contributed by atoms with Crippen molar-refractivity contribution in [3.05, 3.63) is 35.6 Å². The monoisotopic (exact) mass is 328 g/mol. The molecule has 1 nitrogen and oxygen atoms in total. The molecule has 19 heavy (non-hydrogen) atoms. The van der Waals surface area contributed by atoms with E-state index in [0.29, 0.717) is 12.2 Å². The maximum absolute atomic E-state index is 13.5. The summed E-state index contributed by atoms with van der Waals surface area (Å²) in [4.78, 5) is 0. The highest BCUT2D eigenvalue weighted by atomic mass is 79.9. The molecule has 0 aromatic heterocycles. The quantitative estimate of drug-likeness (QED) is 0.541. The predicted molar refractivity (Wildman–Crippen MR) is 80.0 cm³/mol. The lowest BCUT2D eigenvalue weighted by atomic mass is 9.83. The van der Waals surface area contributed by atoms with Crippen molar-refractivity contribution in [1.82, 2.24) is 0 Å². The van der Waals surface area contributed by atoms with Gasteiger partial charge in [0.05, 0.1) is 13.2 Å². The summed E-state index contributed by atoms with van der Waals surface area (Å²) in [5.74, 6) is -0.170. The Hall–Kier alpha value is -0.410. The first-order valence-corrected chi connectivity index (χ1v) is 8.25. The molecule has 3 heteroatoms. The van der Waals surface area contributed by atoms with E-state index in [4.69, 9.17) is 4.74 Å². The van der Waals surface area contributed by atoms with Gasteiger partial charge in [-0.2, -0.15) is 0 Å². The van der Waals surface area contributed by atoms with Crippen molar-refractivity contribution in [1.29, 1.82) is 0 Å². The molecule has 0 saturated heterocycles. The average Bonchev–Trinajstić information content (AvgIpc) is 2.67. The number of benzene rings is 1. The van der Waals surface area contributed by atoms with Gasteiger partial charge < -0.3 is 4.74 Å². The number of hydrogen-bond donors (Lipinski definition) is 0. The predicted octanol–water partition coefficient (Wildman–Crippen LogP) is 5.08. The normalized spacial score (nSPS) is 19.1. The van der Waals surface area contributed by atoms with Crippen LogP contribution < -0.4 is 0 Å². The molecule has 1 aromatic carbocycles. The molecular formula is C16H22BrFO. The van der Waals surface area contributed by atoms with Crippen LogP contribution in [0.5, 0.6) is 0 Å². The molecule has 0 atom stereocenters. The largest absolute Gasteiger partial charge is 0.376 e. The van der Waals surface area contributed by atoms with Crippen LogP contribution in [0, 0.1) is 11.2 Å². The highest BCUT2D eigenvalue weighted by molar-refractivity contribution is 9.09. The Balaban J connectivity index is 1.87. The van der Waals surface area contributed by atoms with Crippen LogP contribution >= 0.6 is 15.9 Å². The van der Waals surface area contributed by atoms with Crippen LogP contribution in [0.25, 0.3) is 0 Å². The van der Waals surface area contributed by atoms with Gasteiger partial charge in [-0.3, -0.25) is 0 Å². The summed E-state index contributed by atoms with van der Waals surface area (Å²) in [7, 11) is 0. The molecule has 1 aliphatic rings. The number of alkyl halides is 1. The lowest BCUT2D eigenvalue weighted by Gasteiger charge is -2.30. The van der Waals surface area contributed by atoms with Crippen molar-refractivity contribution in [2.24, 2.45) is 5.41 Å². The molecule has 1 aliphatic carbocycles. The number of halogens is 2. The molecule has 1 fully saturated rings. The molecule has 0 heterocycles. The summed E-state index contributed by atoms with van der Waals surface area (Å²) in [6.45, 7) is 1.11. The molecule has 0 bridgehead atoms. The van der Waals surface area contributed by atoms with Crippen molar-refractivity contribution in [3.8, 4) is 0 Å². The summed E-state index contributed by atoms with van der Waals surface area (Å²) in [5, 5.41) is 0.983. The molecule has 0 unspecified atom stereocenters. The highest BCUT2D eigenvalue weighted by Gasteiger charge is 2.30. The van der Waals surface area contributed by atoms with Gasteiger partial charge in [-0.25, -0.2) is 4.39 Å². The molecule has 0 aliphatic heterocycles. The summed E-state index contributed by atoms with van der Waals surface area (Å²) >= 11 is 3.65. The SMILES string of the molecule is Fc1ccccc1COCC1(CBr)CCCCCC1. The van der Waals surface area contributed by atoms with E-state index >= 15 is 0 Å². The molecule has 0 N–H and O–H groups in total. The molecule has 0 spiro atoms. The van der Waals surface area contributed by atoms with Gasteiger partial charge in [0.15, 0.2) is 0 Å². The van der Waals surface area contributed by atoms with Gasteiger partial charge in [0.2, 0.25) is 0 Å². The third kappa shape index (κ3) is 4.28. The van der Waals surface area contributed by atoms with Gasteiger partial charge in [0.1, 0.15) is 5.82 Å². The van der Waals surface area contributed by atoms with Crippen LogP contribution in [0.15, 0.2) is 24.3 Å². The van der Waals surface area contributed by atoms with Crippen LogP contribution in [0.1, 0.15) is 44.1 Å². The molecular weight excluding hydrogens is 307 g/mol. The van der Waals surface area contributed by atoms with Crippen LogP contribution in [0.4, 0.5) is 4.39 Å². The van der Waals surface area contributed by atoms with Crippen molar-refractivity contribution in [2.45, 2.75) is 45.1 Å². The van der Waals surface area contributed by atoms with E-state index in [9.17, 15) is 4.39 Å². The van der Waals surface area contributed by atoms with E-state index in [1.165, 1.54) is 44.6 Å².